The van der Waals surface area contributed by atoms with Crippen LogP contribution in [0.4, 0.5) is 0 Å². The van der Waals surface area contributed by atoms with Gasteiger partial charge in [-0.1, -0.05) is 0 Å². The van der Waals surface area contributed by atoms with Gasteiger partial charge >= 0.3 is 26.1 Å². The predicted molar refractivity (Wildman–Crippen MR) is 51.7 cm³/mol. The van der Waals surface area contributed by atoms with E-state index in [1.807, 2.05) is 0 Å². The number of carboxylic acid groups (broad SMARTS) is 1. The minimum absolute atomic E-state index is 0. The quantitative estimate of drug-likeness (QED) is 0.732. The average Bonchev–Trinajstić information content (AvgIpc) is 2.63. The first-order valence-electron chi connectivity index (χ1n) is 4.66. The smallest absolute Gasteiger partial charge is 0.481 e. The van der Waals surface area contributed by atoms with Crippen molar-refractivity contribution in [2.24, 2.45) is 11.8 Å². The minimum Gasteiger partial charge on any atom is -0.481 e. The first-order valence-corrected chi connectivity index (χ1v) is 4.66. The van der Waals surface area contributed by atoms with E-state index in [0.29, 0.717) is 0 Å². The molecule has 2 bridgehead atoms. The predicted octanol–water partition coefficient (Wildman–Crippen LogP) is 1.50. The number of ketones is 1. The van der Waals surface area contributed by atoms with E-state index in [2.05, 4.69) is 25.7 Å². The fourth-order valence-corrected chi connectivity index (χ4v) is 1.54. The van der Waals surface area contributed by atoms with Gasteiger partial charge in [0.05, 0.1) is 0 Å². The third-order valence-electron chi connectivity index (χ3n) is 2.16. The first-order chi connectivity index (χ1) is 6.58. The number of carbonyl (C=O) groups is 2. The topological polar surface area (TPSA) is 54.4 Å². The number of Topliss-reactive ketones (excluding diaryl/α,β-unsaturated/α-hetero) is 1. The van der Waals surface area contributed by atoms with Crippen LogP contribution < -0.4 is 0 Å². The van der Waals surface area contributed by atoms with E-state index in [4.69, 9.17) is 5.11 Å². The van der Waals surface area contributed by atoms with Crippen molar-refractivity contribution in [2.75, 3.05) is 0 Å². The van der Waals surface area contributed by atoms with Crippen LogP contribution in [0.5, 0.6) is 0 Å². The molecular formula is C11H14IrO3+3. The Balaban J connectivity index is 0.000000245. The molecule has 4 heteroatoms. The van der Waals surface area contributed by atoms with Gasteiger partial charge in [-0.05, 0) is 50.9 Å². The Hall–Kier alpha value is -0.211. The van der Waals surface area contributed by atoms with Gasteiger partial charge in [0.1, 0.15) is 12.2 Å². The molecule has 4 radical (unpaired) electrons. The van der Waals surface area contributed by atoms with Gasteiger partial charge in [0, 0.05) is 0 Å². The average molecular weight is 386 g/mol. The number of aliphatic carboxylic acids is 1. The molecule has 0 heterocycles. The van der Waals surface area contributed by atoms with Crippen molar-refractivity contribution in [1.82, 2.24) is 0 Å². The molecule has 3 nitrogen and oxygen atoms in total. The molecule has 82 valence electrons. The van der Waals surface area contributed by atoms with E-state index < -0.39 is 5.97 Å². The molecule has 0 aromatic heterocycles. The van der Waals surface area contributed by atoms with Crippen LogP contribution in [0.25, 0.3) is 0 Å². The zero-order chi connectivity index (χ0) is 10.6. The van der Waals surface area contributed by atoms with Crippen molar-refractivity contribution in [2.45, 2.75) is 19.8 Å². The summed E-state index contributed by atoms with van der Waals surface area (Å²) < 4.78 is 0. The normalized spacial score (nSPS) is 26.2. The summed E-state index contributed by atoms with van der Waals surface area (Å²) in [6, 6.07) is 0. The summed E-state index contributed by atoms with van der Waals surface area (Å²) in [5, 5.41) is 7.86. The summed E-state index contributed by atoms with van der Waals surface area (Å²) in [6.45, 7) is 1.24. The number of fused-ring (bicyclic) bond motifs is 2. The Labute approximate surface area is 104 Å². The molecule has 2 fully saturated rings. The van der Waals surface area contributed by atoms with Crippen molar-refractivity contribution in [3.63, 3.8) is 0 Å². The van der Waals surface area contributed by atoms with Crippen molar-refractivity contribution < 1.29 is 34.8 Å². The molecule has 2 aliphatic rings. The Morgan fingerprint density at radius 2 is 1.60 bits per heavy atom. The molecule has 0 aliphatic heterocycles. The van der Waals surface area contributed by atoms with Gasteiger partial charge in [-0.15, -0.1) is 0 Å². The molecule has 2 saturated carbocycles. The zero-order valence-electron chi connectivity index (χ0n) is 8.48. The zero-order valence-corrected chi connectivity index (χ0v) is 10.9. The SMILES string of the molecule is CC(=O)CC(=O)O.[CH]1[CH]C2[CH][CH]C1C2.[Ir+3]. The number of rotatable bonds is 2. The van der Waals surface area contributed by atoms with Crippen molar-refractivity contribution >= 4 is 11.8 Å². The summed E-state index contributed by atoms with van der Waals surface area (Å²) in [6.07, 6.45) is 10.2. The van der Waals surface area contributed by atoms with Gasteiger partial charge in [0.25, 0.3) is 0 Å². The monoisotopic (exact) mass is 387 g/mol. The number of carboxylic acids is 1. The minimum atomic E-state index is -1.06. The van der Waals surface area contributed by atoms with E-state index in [0.717, 1.165) is 11.8 Å². The second-order valence-corrected chi connectivity index (χ2v) is 3.61. The molecule has 0 atom stereocenters. The van der Waals surface area contributed by atoms with Gasteiger partial charge in [-0.25, -0.2) is 0 Å². The Bertz CT molecular complexity index is 198. The van der Waals surface area contributed by atoms with Crippen LogP contribution in [0.3, 0.4) is 0 Å². The molecule has 0 unspecified atom stereocenters. The van der Waals surface area contributed by atoms with Crippen LogP contribution in [0, 0.1) is 37.5 Å². The van der Waals surface area contributed by atoms with Crippen molar-refractivity contribution in [1.29, 1.82) is 0 Å². The van der Waals surface area contributed by atoms with E-state index in [-0.39, 0.29) is 32.3 Å². The third-order valence-corrected chi connectivity index (χ3v) is 2.16. The van der Waals surface area contributed by atoms with Crippen molar-refractivity contribution in [3.8, 4) is 0 Å². The molecular weight excluding hydrogens is 372 g/mol. The van der Waals surface area contributed by atoms with Gasteiger partial charge in [-0.2, -0.15) is 0 Å². The second-order valence-electron chi connectivity index (χ2n) is 3.61. The third kappa shape index (κ3) is 6.06. The second kappa shape index (κ2) is 7.13. The summed E-state index contributed by atoms with van der Waals surface area (Å²) in [4.78, 5) is 19.5. The molecule has 15 heavy (non-hydrogen) atoms. The standard InChI is InChI=1S/C7H8.C4H6O3.Ir/c1-2-7-4-3-6(1)5-7;1-3(5)2-4(6)7;/h1-4,6-7H,5H2;2H2,1H3,(H,6,7);/q;;+3. The fraction of sp³-hybridized carbons (Fsp3) is 0.455. The molecule has 2 aliphatic carbocycles. The fourth-order valence-electron chi connectivity index (χ4n) is 1.54. The Morgan fingerprint density at radius 3 is 1.67 bits per heavy atom. The molecule has 0 aromatic carbocycles. The number of carbonyl (C=O) groups excluding carboxylic acids is 1. The summed E-state index contributed by atoms with van der Waals surface area (Å²) >= 11 is 0. The van der Waals surface area contributed by atoms with E-state index >= 15 is 0 Å². The van der Waals surface area contributed by atoms with E-state index in [9.17, 15) is 9.59 Å². The van der Waals surface area contributed by atoms with Crippen LogP contribution in [0.1, 0.15) is 19.8 Å². The van der Waals surface area contributed by atoms with Crippen LogP contribution in [-0.2, 0) is 29.7 Å². The largest absolute Gasteiger partial charge is 3.00 e. The molecule has 0 amide bonds. The maximum atomic E-state index is 9.87. The van der Waals surface area contributed by atoms with Crippen LogP contribution in [0.2, 0.25) is 0 Å². The molecule has 2 rings (SSSR count). The van der Waals surface area contributed by atoms with Gasteiger partial charge in [-0.3, -0.25) is 9.59 Å². The summed E-state index contributed by atoms with van der Waals surface area (Å²) in [7, 11) is 0. The van der Waals surface area contributed by atoms with Crippen LogP contribution in [-0.4, -0.2) is 16.9 Å². The van der Waals surface area contributed by atoms with E-state index in [1.165, 1.54) is 13.3 Å². The van der Waals surface area contributed by atoms with Gasteiger partial charge in [0.15, 0.2) is 0 Å². The van der Waals surface area contributed by atoms with Gasteiger partial charge in [0.2, 0.25) is 0 Å². The molecule has 1 N–H and O–H groups in total. The Morgan fingerprint density at radius 1 is 1.20 bits per heavy atom. The number of hydrogen-bond acceptors (Lipinski definition) is 2. The molecule has 0 spiro atoms. The van der Waals surface area contributed by atoms with Crippen LogP contribution >= 0.6 is 0 Å². The van der Waals surface area contributed by atoms with Crippen LogP contribution in [0.15, 0.2) is 0 Å². The summed E-state index contributed by atoms with van der Waals surface area (Å²) in [5.41, 5.74) is 0. The maximum absolute atomic E-state index is 9.87. The van der Waals surface area contributed by atoms with E-state index in [1.54, 1.807) is 0 Å². The molecule has 0 aromatic rings. The first kappa shape index (κ1) is 14.8. The number of hydrogen-bond donors (Lipinski definition) is 1. The molecule has 0 saturated heterocycles. The Kier molecular flexibility index (Phi) is 7.03. The summed E-state index contributed by atoms with van der Waals surface area (Å²) in [5.74, 6) is 0.245. The van der Waals surface area contributed by atoms with Crippen molar-refractivity contribution in [3.05, 3.63) is 25.7 Å². The maximum Gasteiger partial charge on any atom is 3.00 e. The van der Waals surface area contributed by atoms with Gasteiger partial charge < -0.3 is 5.11 Å².